The van der Waals surface area contributed by atoms with Crippen LogP contribution in [0.1, 0.15) is 30.2 Å². The van der Waals surface area contributed by atoms with Crippen LogP contribution in [0.15, 0.2) is 17.9 Å². The topological polar surface area (TPSA) is 65.6 Å². The molecule has 0 amide bonds. The number of thiazole rings is 1. The number of imidazole rings is 1. The first-order valence-electron chi connectivity index (χ1n) is 6.54. The summed E-state index contributed by atoms with van der Waals surface area (Å²) < 4.78 is 0. The molecule has 0 spiro atoms. The number of hydrogen-bond acceptors (Lipinski definition) is 5. The summed E-state index contributed by atoms with van der Waals surface area (Å²) in [6.45, 7) is 6.14. The Kier molecular flexibility index (Phi) is 3.38. The van der Waals surface area contributed by atoms with E-state index < -0.39 is 0 Å². The van der Waals surface area contributed by atoms with Crippen LogP contribution in [0, 0.1) is 0 Å². The summed E-state index contributed by atoms with van der Waals surface area (Å²) in [6, 6.07) is 0.426. The fourth-order valence-electron chi connectivity index (χ4n) is 2.36. The maximum atomic E-state index is 4.40. The molecule has 3 heterocycles. The lowest BCUT2D eigenvalue weighted by Gasteiger charge is -2.29. The Morgan fingerprint density at radius 1 is 1.47 bits per heavy atom. The molecule has 0 bridgehead atoms. The molecule has 5 nitrogen and oxygen atoms in total. The molecule has 0 fully saturated rings. The SMILES string of the molecule is CC(C)(NCC1Cc2nc[nH]c2CN1)c1nccs1. The van der Waals surface area contributed by atoms with Gasteiger partial charge in [-0.15, -0.1) is 11.3 Å². The van der Waals surface area contributed by atoms with E-state index in [1.807, 2.05) is 11.6 Å². The van der Waals surface area contributed by atoms with Crippen LogP contribution >= 0.6 is 11.3 Å². The van der Waals surface area contributed by atoms with E-state index in [-0.39, 0.29) is 5.54 Å². The van der Waals surface area contributed by atoms with E-state index in [1.54, 1.807) is 17.7 Å². The highest BCUT2D eigenvalue weighted by Crippen LogP contribution is 2.22. The molecule has 102 valence electrons. The van der Waals surface area contributed by atoms with Crippen LogP contribution in [0.25, 0.3) is 0 Å². The van der Waals surface area contributed by atoms with Crippen LogP contribution in [-0.2, 0) is 18.5 Å². The molecule has 2 aromatic rings. The molecule has 1 atom stereocenters. The highest BCUT2D eigenvalue weighted by atomic mass is 32.1. The molecule has 0 saturated heterocycles. The average Bonchev–Trinajstić information content (AvgIpc) is 3.07. The predicted octanol–water partition coefficient (Wildman–Crippen LogP) is 1.41. The first kappa shape index (κ1) is 12.8. The summed E-state index contributed by atoms with van der Waals surface area (Å²) in [6.07, 6.45) is 4.61. The lowest BCUT2D eigenvalue weighted by molar-refractivity contribution is 0.349. The molecule has 3 N–H and O–H groups in total. The second kappa shape index (κ2) is 5.03. The maximum absolute atomic E-state index is 4.40. The fourth-order valence-corrected chi connectivity index (χ4v) is 3.10. The van der Waals surface area contributed by atoms with E-state index in [2.05, 4.69) is 39.4 Å². The van der Waals surface area contributed by atoms with Gasteiger partial charge >= 0.3 is 0 Å². The van der Waals surface area contributed by atoms with Gasteiger partial charge in [0.15, 0.2) is 0 Å². The third kappa shape index (κ3) is 2.70. The van der Waals surface area contributed by atoms with E-state index in [0.717, 1.165) is 24.5 Å². The molecular weight excluding hydrogens is 258 g/mol. The van der Waals surface area contributed by atoms with Crippen LogP contribution < -0.4 is 10.6 Å². The molecule has 0 saturated carbocycles. The Hall–Kier alpha value is -1.24. The van der Waals surface area contributed by atoms with Gasteiger partial charge < -0.3 is 15.6 Å². The molecule has 1 unspecified atom stereocenters. The van der Waals surface area contributed by atoms with Crippen LogP contribution in [0.3, 0.4) is 0 Å². The van der Waals surface area contributed by atoms with Crippen molar-refractivity contribution >= 4 is 11.3 Å². The van der Waals surface area contributed by atoms with Crippen molar-refractivity contribution in [3.05, 3.63) is 34.3 Å². The number of nitrogens with zero attached hydrogens (tertiary/aromatic N) is 2. The van der Waals surface area contributed by atoms with Crippen molar-refractivity contribution in [3.8, 4) is 0 Å². The van der Waals surface area contributed by atoms with E-state index in [1.165, 1.54) is 11.4 Å². The zero-order chi connectivity index (χ0) is 13.3. The van der Waals surface area contributed by atoms with Crippen molar-refractivity contribution in [2.75, 3.05) is 6.54 Å². The quantitative estimate of drug-likeness (QED) is 0.790. The standard InChI is InChI=1S/C13H19N5S/c1-13(2,12-14-3-4-19-12)18-6-9-5-10-11(7-15-9)17-8-16-10/h3-4,8-9,15,18H,5-7H2,1-2H3,(H,16,17). The summed E-state index contributed by atoms with van der Waals surface area (Å²) in [7, 11) is 0. The van der Waals surface area contributed by atoms with Gasteiger partial charge in [0, 0.05) is 37.1 Å². The predicted molar refractivity (Wildman–Crippen MR) is 76.1 cm³/mol. The first-order valence-corrected chi connectivity index (χ1v) is 7.42. The van der Waals surface area contributed by atoms with Crippen molar-refractivity contribution in [1.29, 1.82) is 0 Å². The summed E-state index contributed by atoms with van der Waals surface area (Å²) in [4.78, 5) is 11.9. The average molecular weight is 277 g/mol. The van der Waals surface area contributed by atoms with Crippen molar-refractivity contribution in [2.45, 2.75) is 38.4 Å². The summed E-state index contributed by atoms with van der Waals surface area (Å²) in [5.41, 5.74) is 2.33. The third-order valence-electron chi connectivity index (χ3n) is 3.57. The number of aromatic amines is 1. The zero-order valence-electron chi connectivity index (χ0n) is 11.2. The summed E-state index contributed by atoms with van der Waals surface area (Å²) in [5, 5.41) is 10.3. The van der Waals surface area contributed by atoms with Crippen molar-refractivity contribution in [1.82, 2.24) is 25.6 Å². The van der Waals surface area contributed by atoms with Gasteiger partial charge in [0.1, 0.15) is 5.01 Å². The van der Waals surface area contributed by atoms with Crippen molar-refractivity contribution in [3.63, 3.8) is 0 Å². The minimum atomic E-state index is -0.0816. The number of H-pyrrole nitrogens is 1. The van der Waals surface area contributed by atoms with Gasteiger partial charge in [-0.05, 0) is 13.8 Å². The van der Waals surface area contributed by atoms with Crippen LogP contribution in [0.4, 0.5) is 0 Å². The van der Waals surface area contributed by atoms with Gasteiger partial charge in [0.05, 0.1) is 23.3 Å². The zero-order valence-corrected chi connectivity index (χ0v) is 12.0. The summed E-state index contributed by atoms with van der Waals surface area (Å²) >= 11 is 1.70. The van der Waals surface area contributed by atoms with Gasteiger partial charge in [-0.1, -0.05) is 0 Å². The fraction of sp³-hybridized carbons (Fsp3) is 0.538. The Morgan fingerprint density at radius 3 is 3.16 bits per heavy atom. The van der Waals surface area contributed by atoms with E-state index in [0.29, 0.717) is 6.04 Å². The highest BCUT2D eigenvalue weighted by Gasteiger charge is 2.26. The van der Waals surface area contributed by atoms with Crippen LogP contribution in [-0.4, -0.2) is 27.5 Å². The maximum Gasteiger partial charge on any atom is 0.112 e. The Labute approximate surface area is 116 Å². The number of nitrogens with one attached hydrogen (secondary N) is 3. The van der Waals surface area contributed by atoms with E-state index in [4.69, 9.17) is 0 Å². The highest BCUT2D eigenvalue weighted by molar-refractivity contribution is 7.09. The minimum Gasteiger partial charge on any atom is -0.347 e. The smallest absolute Gasteiger partial charge is 0.112 e. The van der Waals surface area contributed by atoms with Gasteiger partial charge in [0.25, 0.3) is 0 Å². The van der Waals surface area contributed by atoms with Gasteiger partial charge in [-0.2, -0.15) is 0 Å². The molecule has 3 rings (SSSR count). The molecule has 1 aliphatic rings. The second-order valence-corrected chi connectivity index (χ2v) is 6.35. The van der Waals surface area contributed by atoms with Crippen LogP contribution in [0.5, 0.6) is 0 Å². The molecule has 0 aliphatic carbocycles. The molecule has 6 heteroatoms. The molecule has 0 aromatic carbocycles. The van der Waals surface area contributed by atoms with Crippen molar-refractivity contribution in [2.24, 2.45) is 0 Å². The monoisotopic (exact) mass is 277 g/mol. The largest absolute Gasteiger partial charge is 0.347 e. The first-order chi connectivity index (χ1) is 9.15. The molecule has 2 aromatic heterocycles. The number of hydrogen-bond donors (Lipinski definition) is 3. The second-order valence-electron chi connectivity index (χ2n) is 5.45. The number of rotatable bonds is 4. The normalized spacial score (nSPS) is 19.4. The molecule has 1 aliphatic heterocycles. The van der Waals surface area contributed by atoms with Crippen LogP contribution in [0.2, 0.25) is 0 Å². The van der Waals surface area contributed by atoms with Gasteiger partial charge in [0.2, 0.25) is 0 Å². The van der Waals surface area contributed by atoms with Crippen molar-refractivity contribution < 1.29 is 0 Å². The Morgan fingerprint density at radius 2 is 2.37 bits per heavy atom. The van der Waals surface area contributed by atoms with E-state index >= 15 is 0 Å². The lowest BCUT2D eigenvalue weighted by atomic mass is 10.0. The molecule has 0 radical (unpaired) electrons. The van der Waals surface area contributed by atoms with Gasteiger partial charge in [-0.3, -0.25) is 0 Å². The number of aromatic nitrogens is 3. The Bertz CT molecular complexity index is 531. The summed E-state index contributed by atoms with van der Waals surface area (Å²) in [5.74, 6) is 0. The minimum absolute atomic E-state index is 0.0816. The molecule has 19 heavy (non-hydrogen) atoms. The van der Waals surface area contributed by atoms with Gasteiger partial charge in [-0.25, -0.2) is 9.97 Å². The van der Waals surface area contributed by atoms with E-state index in [9.17, 15) is 0 Å². The number of fused-ring (bicyclic) bond motifs is 1. The third-order valence-corrected chi connectivity index (χ3v) is 4.67. The Balaban J connectivity index is 1.59. The lowest BCUT2D eigenvalue weighted by Crippen LogP contribution is -2.48. The molecular formula is C13H19N5S.